The highest BCUT2D eigenvalue weighted by Crippen LogP contribution is 2.35. The maximum atomic E-state index is 6.53. The zero-order valence-electron chi connectivity index (χ0n) is 12.8. The molecule has 1 unspecified atom stereocenters. The van der Waals surface area contributed by atoms with Crippen LogP contribution < -0.4 is 5.73 Å². The minimum Gasteiger partial charge on any atom is -0.324 e. The number of rotatable bonds is 4. The predicted molar refractivity (Wildman–Crippen MR) is 83.2 cm³/mol. The van der Waals surface area contributed by atoms with Gasteiger partial charge >= 0.3 is 0 Å². The predicted octanol–water partition coefficient (Wildman–Crippen LogP) is 4.64. The molecule has 2 N–H and O–H groups in total. The van der Waals surface area contributed by atoms with Crippen molar-refractivity contribution in [2.24, 2.45) is 17.6 Å². The van der Waals surface area contributed by atoms with Crippen LogP contribution in [0.25, 0.3) is 0 Å². The molecule has 1 aliphatic carbocycles. The maximum Gasteiger partial charge on any atom is 0.0323 e. The van der Waals surface area contributed by atoms with Gasteiger partial charge in [0.15, 0.2) is 0 Å². The van der Waals surface area contributed by atoms with Crippen molar-refractivity contribution in [2.45, 2.75) is 65.3 Å². The molecule has 2 rings (SSSR count). The molecule has 0 spiro atoms. The zero-order valence-corrected chi connectivity index (χ0v) is 12.8. The van der Waals surface area contributed by atoms with Gasteiger partial charge in [-0.15, -0.1) is 0 Å². The van der Waals surface area contributed by atoms with Crippen molar-refractivity contribution >= 4 is 0 Å². The van der Waals surface area contributed by atoms with Crippen LogP contribution in [0.2, 0.25) is 0 Å². The van der Waals surface area contributed by atoms with E-state index in [0.29, 0.717) is 5.92 Å². The molecule has 106 valence electrons. The molecule has 1 aromatic carbocycles. The van der Waals surface area contributed by atoms with Gasteiger partial charge in [0.1, 0.15) is 0 Å². The second-order valence-corrected chi connectivity index (χ2v) is 6.28. The number of aryl methyl sites for hydroxylation is 2. The summed E-state index contributed by atoms with van der Waals surface area (Å²) in [7, 11) is 0. The third-order valence-corrected chi connectivity index (χ3v) is 4.95. The summed E-state index contributed by atoms with van der Waals surface area (Å²) in [6, 6.07) is 7.16. The number of hydrogen-bond donors (Lipinski definition) is 1. The van der Waals surface area contributed by atoms with Crippen LogP contribution in [0.4, 0.5) is 0 Å². The molecule has 1 atom stereocenters. The van der Waals surface area contributed by atoms with Crippen molar-refractivity contribution in [2.75, 3.05) is 0 Å². The average Bonchev–Trinajstić information content (AvgIpc) is 2.46. The van der Waals surface area contributed by atoms with Crippen LogP contribution in [0.3, 0.4) is 0 Å². The van der Waals surface area contributed by atoms with Crippen molar-refractivity contribution < 1.29 is 0 Å². The van der Waals surface area contributed by atoms with Gasteiger partial charge in [0.2, 0.25) is 0 Å². The van der Waals surface area contributed by atoms with Gasteiger partial charge in [0.05, 0.1) is 0 Å². The van der Waals surface area contributed by atoms with Gasteiger partial charge in [-0.05, 0) is 54.2 Å². The van der Waals surface area contributed by atoms with Gasteiger partial charge in [0, 0.05) is 6.04 Å². The highest BCUT2D eigenvalue weighted by Gasteiger charge is 2.24. The largest absolute Gasteiger partial charge is 0.324 e. The first-order valence-electron chi connectivity index (χ1n) is 8.03. The van der Waals surface area contributed by atoms with Crippen LogP contribution in [0.15, 0.2) is 18.2 Å². The summed E-state index contributed by atoms with van der Waals surface area (Å²) < 4.78 is 0. The van der Waals surface area contributed by atoms with E-state index in [1.807, 2.05) is 0 Å². The topological polar surface area (TPSA) is 26.0 Å². The third-order valence-electron chi connectivity index (χ3n) is 4.95. The molecule has 0 aliphatic heterocycles. The van der Waals surface area contributed by atoms with Crippen LogP contribution in [-0.4, -0.2) is 0 Å². The number of nitrogens with two attached hydrogens (primary N) is 1. The molecule has 1 nitrogen and oxygen atoms in total. The van der Waals surface area contributed by atoms with E-state index in [-0.39, 0.29) is 6.04 Å². The number of benzene rings is 1. The van der Waals surface area contributed by atoms with Gasteiger partial charge in [-0.1, -0.05) is 51.8 Å². The smallest absolute Gasteiger partial charge is 0.0323 e. The van der Waals surface area contributed by atoms with Crippen LogP contribution in [0, 0.1) is 11.8 Å². The molecule has 1 heteroatoms. The van der Waals surface area contributed by atoms with Gasteiger partial charge in [-0.3, -0.25) is 0 Å². The Morgan fingerprint density at radius 1 is 1.05 bits per heavy atom. The lowest BCUT2D eigenvalue weighted by atomic mass is 9.77. The molecule has 19 heavy (non-hydrogen) atoms. The van der Waals surface area contributed by atoms with E-state index in [1.165, 1.54) is 42.4 Å². The van der Waals surface area contributed by atoms with Crippen LogP contribution in [-0.2, 0) is 12.8 Å². The molecule has 0 aromatic heterocycles. The van der Waals surface area contributed by atoms with E-state index in [9.17, 15) is 0 Å². The van der Waals surface area contributed by atoms with Crippen LogP contribution in [0.1, 0.15) is 69.2 Å². The summed E-state index contributed by atoms with van der Waals surface area (Å²) in [6.07, 6.45) is 7.56. The fourth-order valence-electron chi connectivity index (χ4n) is 3.44. The van der Waals surface area contributed by atoms with E-state index < -0.39 is 0 Å². The fourth-order valence-corrected chi connectivity index (χ4v) is 3.44. The second-order valence-electron chi connectivity index (χ2n) is 6.28. The van der Waals surface area contributed by atoms with Gasteiger partial charge in [-0.2, -0.15) is 0 Å². The van der Waals surface area contributed by atoms with E-state index in [1.54, 1.807) is 0 Å². The quantitative estimate of drug-likeness (QED) is 0.837. The normalized spacial score (nSPS) is 25.3. The molecule has 1 aromatic rings. The Balaban J connectivity index is 2.12. The third kappa shape index (κ3) is 3.39. The molecule has 0 bridgehead atoms. The summed E-state index contributed by atoms with van der Waals surface area (Å²) in [5, 5.41) is 0. The zero-order chi connectivity index (χ0) is 13.8. The SMILES string of the molecule is CCc1ccc(C(N)C2CCC(C)CC2)cc1CC. The second kappa shape index (κ2) is 6.56. The highest BCUT2D eigenvalue weighted by atomic mass is 14.7. The monoisotopic (exact) mass is 259 g/mol. The Morgan fingerprint density at radius 3 is 2.26 bits per heavy atom. The lowest BCUT2D eigenvalue weighted by Gasteiger charge is -2.31. The first kappa shape index (κ1) is 14.6. The van der Waals surface area contributed by atoms with E-state index in [0.717, 1.165) is 18.8 Å². The van der Waals surface area contributed by atoms with Crippen molar-refractivity contribution in [3.63, 3.8) is 0 Å². The Morgan fingerprint density at radius 2 is 1.68 bits per heavy atom. The van der Waals surface area contributed by atoms with Crippen molar-refractivity contribution in [3.8, 4) is 0 Å². The van der Waals surface area contributed by atoms with Crippen molar-refractivity contribution in [1.82, 2.24) is 0 Å². The first-order valence-corrected chi connectivity index (χ1v) is 8.03. The summed E-state index contributed by atoms with van der Waals surface area (Å²) >= 11 is 0. The molecular formula is C18H29N. The van der Waals surface area contributed by atoms with Gasteiger partial charge < -0.3 is 5.73 Å². The van der Waals surface area contributed by atoms with Crippen molar-refractivity contribution in [1.29, 1.82) is 0 Å². The minimum atomic E-state index is 0.240. The highest BCUT2D eigenvalue weighted by molar-refractivity contribution is 5.34. The van der Waals surface area contributed by atoms with Gasteiger partial charge in [0.25, 0.3) is 0 Å². The molecule has 1 aliphatic rings. The lowest BCUT2D eigenvalue weighted by Crippen LogP contribution is -2.25. The van der Waals surface area contributed by atoms with Crippen molar-refractivity contribution in [3.05, 3.63) is 34.9 Å². The van der Waals surface area contributed by atoms with E-state index in [2.05, 4.69) is 39.0 Å². The first-order chi connectivity index (χ1) is 9.15. The summed E-state index contributed by atoms with van der Waals surface area (Å²) in [5.74, 6) is 1.59. The maximum absolute atomic E-state index is 6.53. The molecule has 1 saturated carbocycles. The van der Waals surface area contributed by atoms with E-state index in [4.69, 9.17) is 5.73 Å². The van der Waals surface area contributed by atoms with Crippen LogP contribution >= 0.6 is 0 Å². The minimum absolute atomic E-state index is 0.240. The number of hydrogen-bond acceptors (Lipinski definition) is 1. The standard InChI is InChI=1S/C18H29N/c1-4-14-10-11-17(12-15(14)5-2)18(19)16-8-6-13(3)7-9-16/h10-13,16,18H,4-9,19H2,1-3H3. The summed E-state index contributed by atoms with van der Waals surface area (Å²) in [5.41, 5.74) is 10.9. The molecule has 0 radical (unpaired) electrons. The molecule has 1 fully saturated rings. The summed E-state index contributed by atoms with van der Waals surface area (Å²) in [6.45, 7) is 6.84. The molecule has 0 heterocycles. The molecule has 0 saturated heterocycles. The Kier molecular flexibility index (Phi) is 5.04. The van der Waals surface area contributed by atoms with Gasteiger partial charge in [-0.25, -0.2) is 0 Å². The Labute approximate surface area is 118 Å². The Bertz CT molecular complexity index is 402. The molecule has 0 amide bonds. The molecular weight excluding hydrogens is 230 g/mol. The van der Waals surface area contributed by atoms with Crippen LogP contribution in [0.5, 0.6) is 0 Å². The Hall–Kier alpha value is -0.820. The van der Waals surface area contributed by atoms with E-state index >= 15 is 0 Å². The summed E-state index contributed by atoms with van der Waals surface area (Å²) in [4.78, 5) is 0. The average molecular weight is 259 g/mol. The fraction of sp³-hybridized carbons (Fsp3) is 0.667. The lowest BCUT2D eigenvalue weighted by molar-refractivity contribution is 0.256.